The summed E-state index contributed by atoms with van der Waals surface area (Å²) in [7, 11) is 0.965. The van der Waals surface area contributed by atoms with Crippen LogP contribution >= 0.6 is 8.58 Å². The molecule has 0 fully saturated rings. The molecule has 0 aliphatic rings. The zero-order valence-electron chi connectivity index (χ0n) is 13.3. The lowest BCUT2D eigenvalue weighted by molar-refractivity contribution is 0.105. The predicted octanol–water partition coefficient (Wildman–Crippen LogP) is 5.65. The van der Waals surface area contributed by atoms with E-state index in [0.29, 0.717) is 5.66 Å². The van der Waals surface area contributed by atoms with Gasteiger partial charge in [-0.2, -0.15) is 0 Å². The Labute approximate surface area is 120 Å². The molecule has 0 aliphatic carbocycles. The number of benzene rings is 1. The summed E-state index contributed by atoms with van der Waals surface area (Å²) in [6.07, 6.45) is 2.29. The molecule has 0 bridgehead atoms. The van der Waals surface area contributed by atoms with Crippen molar-refractivity contribution < 1.29 is 4.74 Å². The largest absolute Gasteiger partial charge is 0.488 e. The van der Waals surface area contributed by atoms with Crippen molar-refractivity contribution in [3.8, 4) is 5.75 Å². The molecule has 0 saturated carbocycles. The first kappa shape index (κ1) is 16.5. The molecule has 0 spiro atoms. The molecule has 2 atom stereocenters. The van der Waals surface area contributed by atoms with E-state index < -0.39 is 0 Å². The Hall–Kier alpha value is -0.550. The second-order valence-corrected chi connectivity index (χ2v) is 7.53. The molecule has 108 valence electrons. The lowest BCUT2D eigenvalue weighted by Crippen LogP contribution is -2.26. The molecule has 19 heavy (non-hydrogen) atoms. The summed E-state index contributed by atoms with van der Waals surface area (Å²) in [5, 5.41) is 0. The molecule has 0 heterocycles. The van der Waals surface area contributed by atoms with E-state index in [4.69, 9.17) is 4.74 Å². The van der Waals surface area contributed by atoms with Gasteiger partial charge in [0.05, 0.1) is 0 Å². The van der Waals surface area contributed by atoms with Crippen LogP contribution in [0.3, 0.4) is 0 Å². The topological polar surface area (TPSA) is 9.23 Å². The molecule has 0 aromatic heterocycles. The summed E-state index contributed by atoms with van der Waals surface area (Å²) in [4.78, 5) is 0. The highest BCUT2D eigenvalue weighted by Gasteiger charge is 2.17. The molecule has 2 heteroatoms. The zero-order chi connectivity index (χ0) is 14.5. The second-order valence-electron chi connectivity index (χ2n) is 6.26. The van der Waals surface area contributed by atoms with E-state index in [0.717, 1.165) is 26.7 Å². The van der Waals surface area contributed by atoms with Crippen molar-refractivity contribution in [2.45, 2.75) is 58.7 Å². The quantitative estimate of drug-likeness (QED) is 0.586. The molecule has 2 unspecified atom stereocenters. The zero-order valence-corrected chi connectivity index (χ0v) is 14.3. The standard InChI is InChI=1S/C17H29OP/c1-7-17(4,5)18-15-10-8-14(9-11-15)16(19-6)12-13(2)3/h8-11,13,16,19H,7,12H2,1-6H3. The van der Waals surface area contributed by atoms with Crippen molar-refractivity contribution in [2.24, 2.45) is 5.92 Å². The molecule has 0 radical (unpaired) electrons. The first-order valence-electron chi connectivity index (χ1n) is 7.34. The lowest BCUT2D eigenvalue weighted by Gasteiger charge is -2.25. The Morgan fingerprint density at radius 2 is 1.74 bits per heavy atom. The smallest absolute Gasteiger partial charge is 0.120 e. The number of hydrogen-bond donors (Lipinski definition) is 0. The highest BCUT2D eigenvalue weighted by atomic mass is 31.1. The molecule has 1 nitrogen and oxygen atoms in total. The third-order valence-electron chi connectivity index (χ3n) is 3.58. The summed E-state index contributed by atoms with van der Waals surface area (Å²) in [5.74, 6) is 1.74. The Kier molecular flexibility index (Phi) is 6.33. The summed E-state index contributed by atoms with van der Waals surface area (Å²) >= 11 is 0. The third kappa shape index (κ3) is 5.53. The van der Waals surface area contributed by atoms with Gasteiger partial charge in [-0.1, -0.05) is 32.9 Å². The molecular formula is C17H29OP. The second kappa shape index (κ2) is 7.29. The Bertz CT molecular complexity index is 367. The monoisotopic (exact) mass is 280 g/mol. The van der Waals surface area contributed by atoms with Crippen LogP contribution < -0.4 is 4.74 Å². The lowest BCUT2D eigenvalue weighted by atomic mass is 10.0. The third-order valence-corrected chi connectivity index (χ3v) is 4.85. The van der Waals surface area contributed by atoms with Gasteiger partial charge < -0.3 is 4.74 Å². The van der Waals surface area contributed by atoms with E-state index in [1.54, 1.807) is 0 Å². The van der Waals surface area contributed by atoms with Crippen molar-refractivity contribution >= 4 is 8.58 Å². The van der Waals surface area contributed by atoms with E-state index in [1.165, 1.54) is 12.0 Å². The molecule has 1 aromatic carbocycles. The molecule has 1 aromatic rings. The fourth-order valence-corrected chi connectivity index (χ4v) is 3.28. The van der Waals surface area contributed by atoms with Gasteiger partial charge in [-0.3, -0.25) is 0 Å². The van der Waals surface area contributed by atoms with E-state index in [9.17, 15) is 0 Å². The van der Waals surface area contributed by atoms with Crippen LogP contribution in [-0.2, 0) is 0 Å². The van der Waals surface area contributed by atoms with E-state index >= 15 is 0 Å². The summed E-state index contributed by atoms with van der Waals surface area (Å²) in [5.41, 5.74) is 2.08. The van der Waals surface area contributed by atoms with Gasteiger partial charge in [0.1, 0.15) is 11.4 Å². The molecule has 1 rings (SSSR count). The minimum absolute atomic E-state index is 0.0780. The number of rotatable bonds is 7. The van der Waals surface area contributed by atoms with E-state index in [2.05, 4.69) is 65.5 Å². The average molecular weight is 280 g/mol. The van der Waals surface area contributed by atoms with Crippen LogP contribution in [0.25, 0.3) is 0 Å². The highest BCUT2D eigenvalue weighted by Crippen LogP contribution is 2.38. The van der Waals surface area contributed by atoms with Crippen molar-refractivity contribution in [3.63, 3.8) is 0 Å². The van der Waals surface area contributed by atoms with Crippen molar-refractivity contribution in [1.29, 1.82) is 0 Å². The van der Waals surface area contributed by atoms with E-state index in [-0.39, 0.29) is 5.60 Å². The fourth-order valence-electron chi connectivity index (χ4n) is 2.05. The van der Waals surface area contributed by atoms with Crippen molar-refractivity contribution in [3.05, 3.63) is 29.8 Å². The minimum Gasteiger partial charge on any atom is -0.488 e. The van der Waals surface area contributed by atoms with Gasteiger partial charge in [0.25, 0.3) is 0 Å². The van der Waals surface area contributed by atoms with Crippen LogP contribution in [0.4, 0.5) is 0 Å². The highest BCUT2D eigenvalue weighted by molar-refractivity contribution is 7.37. The van der Waals surface area contributed by atoms with Gasteiger partial charge in [0, 0.05) is 5.66 Å². The maximum absolute atomic E-state index is 6.00. The molecule has 0 aliphatic heterocycles. The average Bonchev–Trinajstić information content (AvgIpc) is 2.36. The van der Waals surface area contributed by atoms with Crippen molar-refractivity contribution in [1.82, 2.24) is 0 Å². The van der Waals surface area contributed by atoms with Gasteiger partial charge in [0.15, 0.2) is 0 Å². The summed E-state index contributed by atoms with van der Waals surface area (Å²) in [6.45, 7) is 13.3. The van der Waals surface area contributed by atoms with Gasteiger partial charge in [0.2, 0.25) is 0 Å². The molecular weight excluding hydrogens is 251 g/mol. The van der Waals surface area contributed by atoms with Gasteiger partial charge >= 0.3 is 0 Å². The van der Waals surface area contributed by atoms with Crippen LogP contribution in [0.1, 0.15) is 58.7 Å². The minimum atomic E-state index is -0.0780. The molecule has 0 saturated heterocycles. The van der Waals surface area contributed by atoms with E-state index in [1.807, 2.05) is 0 Å². The van der Waals surface area contributed by atoms with Crippen LogP contribution in [0.15, 0.2) is 24.3 Å². The predicted molar refractivity (Wildman–Crippen MR) is 87.9 cm³/mol. The first-order chi connectivity index (χ1) is 8.88. The van der Waals surface area contributed by atoms with Crippen molar-refractivity contribution in [2.75, 3.05) is 6.66 Å². The van der Waals surface area contributed by atoms with Crippen LogP contribution in [0.5, 0.6) is 5.75 Å². The maximum atomic E-state index is 6.00. The normalized spacial score (nSPS) is 14.3. The summed E-state index contributed by atoms with van der Waals surface area (Å²) in [6, 6.07) is 8.73. The molecule has 0 N–H and O–H groups in total. The summed E-state index contributed by atoms with van der Waals surface area (Å²) < 4.78 is 6.00. The fraction of sp³-hybridized carbons (Fsp3) is 0.647. The van der Waals surface area contributed by atoms with Crippen LogP contribution in [-0.4, -0.2) is 12.3 Å². The van der Waals surface area contributed by atoms with Gasteiger partial charge in [-0.05, 0) is 57.0 Å². The van der Waals surface area contributed by atoms with Gasteiger partial charge in [-0.15, -0.1) is 8.58 Å². The first-order valence-corrected chi connectivity index (χ1v) is 8.92. The number of hydrogen-bond acceptors (Lipinski definition) is 1. The maximum Gasteiger partial charge on any atom is 0.120 e. The van der Waals surface area contributed by atoms with Gasteiger partial charge in [-0.25, -0.2) is 0 Å². The molecule has 0 amide bonds. The number of ether oxygens (including phenoxy) is 1. The SMILES string of the molecule is CCC(C)(C)Oc1ccc(C(CC(C)C)PC)cc1. The Morgan fingerprint density at radius 1 is 1.16 bits per heavy atom. The Balaban J connectivity index is 2.75. The van der Waals surface area contributed by atoms with Crippen LogP contribution in [0, 0.1) is 5.92 Å². The Morgan fingerprint density at radius 3 is 2.16 bits per heavy atom. The van der Waals surface area contributed by atoms with Crippen LogP contribution in [0.2, 0.25) is 0 Å².